The minimum absolute atomic E-state index is 0.0253. The lowest BCUT2D eigenvalue weighted by Gasteiger charge is -2.09. The van der Waals surface area contributed by atoms with Crippen LogP contribution in [-0.2, 0) is 19.6 Å². The smallest absolute Gasteiger partial charge is 0.307 e. The number of hydrogen-bond acceptors (Lipinski definition) is 6. The van der Waals surface area contributed by atoms with Gasteiger partial charge in [0.1, 0.15) is 19.0 Å². The summed E-state index contributed by atoms with van der Waals surface area (Å²) in [6.07, 6.45) is -0.102. The molecule has 0 spiro atoms. The number of sulfonamides is 1. The van der Waals surface area contributed by atoms with E-state index >= 15 is 0 Å². The highest BCUT2D eigenvalue weighted by atomic mass is 32.2. The van der Waals surface area contributed by atoms with Crippen LogP contribution in [0.1, 0.15) is 29.3 Å². The number of Topliss-reactive ketones (excluding diaryl/α,β-unsaturated/α-hetero) is 1. The van der Waals surface area contributed by atoms with Crippen LogP contribution in [-0.4, -0.2) is 39.9 Å². The molecule has 28 heavy (non-hydrogen) atoms. The first-order valence-corrected chi connectivity index (χ1v) is 10.2. The molecule has 0 saturated heterocycles. The summed E-state index contributed by atoms with van der Waals surface area (Å²) in [5, 5.41) is 0. The molecule has 0 saturated carbocycles. The third kappa shape index (κ3) is 6.79. The average molecular weight is 405 g/mol. The largest absolute Gasteiger partial charge is 0.490 e. The Morgan fingerprint density at radius 2 is 1.61 bits per heavy atom. The summed E-state index contributed by atoms with van der Waals surface area (Å²) in [5.41, 5.74) is 1.55. The van der Waals surface area contributed by atoms with Gasteiger partial charge in [-0.25, -0.2) is 13.1 Å². The summed E-state index contributed by atoms with van der Waals surface area (Å²) < 4.78 is 37.1. The van der Waals surface area contributed by atoms with Crippen molar-refractivity contribution in [3.63, 3.8) is 0 Å². The van der Waals surface area contributed by atoms with E-state index in [1.54, 1.807) is 0 Å². The molecule has 150 valence electrons. The summed E-state index contributed by atoms with van der Waals surface area (Å²) in [6, 6.07) is 13.1. The summed E-state index contributed by atoms with van der Waals surface area (Å²) >= 11 is 0. The Kier molecular flexibility index (Phi) is 7.71. The molecule has 0 radical (unpaired) electrons. The van der Waals surface area contributed by atoms with Crippen LogP contribution in [0.25, 0.3) is 0 Å². The molecule has 2 aromatic rings. The first kappa shape index (κ1) is 21.6. The third-order valence-electron chi connectivity index (χ3n) is 3.83. The number of hydrogen-bond donors (Lipinski definition) is 1. The highest BCUT2D eigenvalue weighted by Crippen LogP contribution is 2.12. The van der Waals surface area contributed by atoms with E-state index in [0.717, 1.165) is 5.56 Å². The Balaban J connectivity index is 1.69. The molecular formula is C20H23NO6S. The van der Waals surface area contributed by atoms with Crippen molar-refractivity contribution in [2.45, 2.75) is 25.2 Å². The molecule has 0 fully saturated rings. The van der Waals surface area contributed by atoms with Gasteiger partial charge in [0.2, 0.25) is 10.0 Å². The lowest BCUT2D eigenvalue weighted by molar-refractivity contribution is -0.144. The van der Waals surface area contributed by atoms with Crippen LogP contribution in [0, 0.1) is 6.92 Å². The van der Waals surface area contributed by atoms with Crippen LogP contribution in [0.4, 0.5) is 0 Å². The first-order chi connectivity index (χ1) is 13.3. The second-order valence-electron chi connectivity index (χ2n) is 6.11. The number of carbonyl (C=O) groups is 2. The number of esters is 1. The Morgan fingerprint density at radius 1 is 0.964 bits per heavy atom. The van der Waals surface area contributed by atoms with Crippen molar-refractivity contribution in [1.29, 1.82) is 0 Å². The molecule has 1 N–H and O–H groups in total. The van der Waals surface area contributed by atoms with Gasteiger partial charge in [0.25, 0.3) is 0 Å². The zero-order valence-corrected chi connectivity index (χ0v) is 16.6. The van der Waals surface area contributed by atoms with Crippen LogP contribution >= 0.6 is 0 Å². The molecule has 0 aliphatic rings. The van der Waals surface area contributed by atoms with E-state index < -0.39 is 16.0 Å². The van der Waals surface area contributed by atoms with Gasteiger partial charge in [-0.1, -0.05) is 29.8 Å². The van der Waals surface area contributed by atoms with Gasteiger partial charge in [-0.2, -0.15) is 0 Å². The molecule has 8 heteroatoms. The van der Waals surface area contributed by atoms with Gasteiger partial charge >= 0.3 is 5.97 Å². The Hall–Kier alpha value is -2.71. The quantitative estimate of drug-likeness (QED) is 0.370. The van der Waals surface area contributed by atoms with E-state index in [1.807, 2.05) is 31.2 Å². The molecule has 0 aliphatic carbocycles. The minimum atomic E-state index is -3.76. The van der Waals surface area contributed by atoms with Gasteiger partial charge in [0.15, 0.2) is 5.78 Å². The zero-order valence-electron chi connectivity index (χ0n) is 15.8. The van der Waals surface area contributed by atoms with E-state index in [1.165, 1.54) is 31.2 Å². The Labute approximate surface area is 164 Å². The molecular weight excluding hydrogens is 382 g/mol. The lowest BCUT2D eigenvalue weighted by atomic mass is 10.2. The number of ether oxygens (including phenoxy) is 2. The first-order valence-electron chi connectivity index (χ1n) is 8.74. The van der Waals surface area contributed by atoms with Gasteiger partial charge in [-0.05, 0) is 38.1 Å². The van der Waals surface area contributed by atoms with Crippen LogP contribution in [0.5, 0.6) is 5.75 Å². The van der Waals surface area contributed by atoms with Crippen molar-refractivity contribution in [3.05, 3.63) is 59.7 Å². The molecule has 0 amide bonds. The highest BCUT2D eigenvalue weighted by molar-refractivity contribution is 7.89. The summed E-state index contributed by atoms with van der Waals surface area (Å²) in [7, 11) is -3.76. The van der Waals surface area contributed by atoms with Crippen molar-refractivity contribution in [2.75, 3.05) is 19.8 Å². The number of carbonyl (C=O) groups excluding carboxylic acids is 2. The lowest BCUT2D eigenvalue weighted by Crippen LogP contribution is -2.27. The molecule has 0 atom stereocenters. The number of nitrogens with one attached hydrogen (secondary N) is 1. The SMILES string of the molecule is CC(=O)c1ccc(S(=O)(=O)NCCC(=O)OCCOc2ccc(C)cc2)cc1. The average Bonchev–Trinajstić information content (AvgIpc) is 2.66. The maximum atomic E-state index is 12.2. The van der Waals surface area contributed by atoms with Crippen LogP contribution < -0.4 is 9.46 Å². The summed E-state index contributed by atoms with van der Waals surface area (Å²) in [6.45, 7) is 3.57. The molecule has 2 aromatic carbocycles. The fraction of sp³-hybridized carbons (Fsp3) is 0.300. The fourth-order valence-corrected chi connectivity index (χ4v) is 3.29. The van der Waals surface area contributed by atoms with Crippen molar-refractivity contribution in [2.24, 2.45) is 0 Å². The molecule has 0 heterocycles. The molecule has 0 aromatic heterocycles. The maximum Gasteiger partial charge on any atom is 0.307 e. The van der Waals surface area contributed by atoms with E-state index in [2.05, 4.69) is 4.72 Å². The van der Waals surface area contributed by atoms with Gasteiger partial charge in [0, 0.05) is 12.1 Å². The van der Waals surface area contributed by atoms with Crippen molar-refractivity contribution >= 4 is 21.8 Å². The summed E-state index contributed by atoms with van der Waals surface area (Å²) in [4.78, 5) is 22.9. The predicted octanol–water partition coefficient (Wildman–Crippen LogP) is 2.49. The maximum absolute atomic E-state index is 12.2. The van der Waals surface area contributed by atoms with E-state index in [9.17, 15) is 18.0 Å². The second-order valence-corrected chi connectivity index (χ2v) is 7.88. The third-order valence-corrected chi connectivity index (χ3v) is 5.31. The van der Waals surface area contributed by atoms with Gasteiger partial charge in [0.05, 0.1) is 11.3 Å². The molecule has 0 bridgehead atoms. The fourth-order valence-electron chi connectivity index (χ4n) is 2.26. The summed E-state index contributed by atoms with van der Waals surface area (Å²) in [5.74, 6) is 0.0124. The zero-order chi connectivity index (χ0) is 20.6. The van der Waals surface area contributed by atoms with Crippen LogP contribution in [0.3, 0.4) is 0 Å². The molecule has 2 rings (SSSR count). The molecule has 7 nitrogen and oxygen atoms in total. The molecule has 0 unspecified atom stereocenters. The van der Waals surface area contributed by atoms with Gasteiger partial charge in [-0.15, -0.1) is 0 Å². The number of rotatable bonds is 10. The Morgan fingerprint density at radius 3 is 2.21 bits per heavy atom. The normalized spacial score (nSPS) is 11.1. The van der Waals surface area contributed by atoms with Crippen molar-refractivity contribution < 1.29 is 27.5 Å². The van der Waals surface area contributed by atoms with Crippen LogP contribution in [0.15, 0.2) is 53.4 Å². The van der Waals surface area contributed by atoms with Gasteiger partial charge in [-0.3, -0.25) is 9.59 Å². The van der Waals surface area contributed by atoms with E-state index in [-0.39, 0.29) is 36.9 Å². The van der Waals surface area contributed by atoms with Crippen molar-refractivity contribution in [3.8, 4) is 5.75 Å². The predicted molar refractivity (Wildman–Crippen MR) is 104 cm³/mol. The number of aryl methyl sites for hydroxylation is 1. The number of ketones is 1. The number of benzene rings is 2. The van der Waals surface area contributed by atoms with E-state index in [4.69, 9.17) is 9.47 Å². The van der Waals surface area contributed by atoms with Gasteiger partial charge < -0.3 is 9.47 Å². The monoisotopic (exact) mass is 405 g/mol. The van der Waals surface area contributed by atoms with E-state index in [0.29, 0.717) is 11.3 Å². The van der Waals surface area contributed by atoms with Crippen LogP contribution in [0.2, 0.25) is 0 Å². The standard InChI is InChI=1S/C20H23NO6S/c1-15-3-7-18(8-4-15)26-13-14-27-20(23)11-12-21-28(24,25)19-9-5-17(6-10-19)16(2)22/h3-10,21H,11-14H2,1-2H3. The van der Waals surface area contributed by atoms with Crippen molar-refractivity contribution in [1.82, 2.24) is 4.72 Å². The second kappa shape index (κ2) is 10.0. The topological polar surface area (TPSA) is 98.8 Å². The minimum Gasteiger partial charge on any atom is -0.490 e. The highest BCUT2D eigenvalue weighted by Gasteiger charge is 2.15. The molecule has 0 aliphatic heterocycles. The Bertz CT molecular complexity index is 905.